The van der Waals surface area contributed by atoms with Crippen LogP contribution in [0.15, 0.2) is 12.1 Å². The maximum atomic E-state index is 10.1. The van der Waals surface area contributed by atoms with Gasteiger partial charge in [-0.25, -0.2) is 0 Å². The number of ether oxygens (including phenoxy) is 1. The molecule has 0 saturated carbocycles. The van der Waals surface area contributed by atoms with Crippen molar-refractivity contribution in [2.45, 2.75) is 65.2 Å². The maximum Gasteiger partial charge on any atom is 0.211 e. The monoisotopic (exact) mass is 344 g/mol. The Bertz CT molecular complexity index is 437. The predicted molar refractivity (Wildman–Crippen MR) is 93.5 cm³/mol. The molecule has 0 aliphatic heterocycles. The molecule has 0 saturated heterocycles. The number of aromatic hydroxyl groups is 1. The van der Waals surface area contributed by atoms with Crippen LogP contribution in [0, 0.1) is 0 Å². The van der Waals surface area contributed by atoms with Gasteiger partial charge in [0.2, 0.25) is 11.5 Å². The Kier molecular flexibility index (Phi) is 10.7. The molecule has 4 nitrogen and oxygen atoms in total. The molecule has 1 aromatic carbocycles. The molecule has 5 heteroatoms. The van der Waals surface area contributed by atoms with Gasteiger partial charge in [-0.3, -0.25) is 0 Å². The van der Waals surface area contributed by atoms with Gasteiger partial charge >= 0.3 is 0 Å². The van der Waals surface area contributed by atoms with E-state index in [9.17, 15) is 5.11 Å². The second-order valence-corrected chi connectivity index (χ2v) is 6.01. The summed E-state index contributed by atoms with van der Waals surface area (Å²) >= 11 is 5.94. The number of unbranched alkanes of at least 4 members (excludes halogenated alkanes) is 6. The second kappa shape index (κ2) is 12.3. The summed E-state index contributed by atoms with van der Waals surface area (Å²) in [4.78, 5) is 10.5. The summed E-state index contributed by atoms with van der Waals surface area (Å²) < 4.78 is 5.65. The van der Waals surface area contributed by atoms with Crippen LogP contribution in [0.25, 0.3) is 0 Å². The van der Waals surface area contributed by atoms with Gasteiger partial charge in [-0.1, -0.05) is 64.0 Å². The van der Waals surface area contributed by atoms with Crippen molar-refractivity contribution >= 4 is 11.6 Å². The lowest BCUT2D eigenvalue weighted by Gasteiger charge is -2.13. The quantitative estimate of drug-likeness (QED) is 0.275. The highest BCUT2D eigenvalue weighted by atomic mass is 35.5. The van der Waals surface area contributed by atoms with Gasteiger partial charge in [0.15, 0.2) is 5.75 Å². The third-order valence-electron chi connectivity index (χ3n) is 3.52. The summed E-state index contributed by atoms with van der Waals surface area (Å²) in [7, 11) is 0. The van der Waals surface area contributed by atoms with Gasteiger partial charge in [0.05, 0.1) is 18.2 Å². The summed E-state index contributed by atoms with van der Waals surface area (Å²) in [6, 6.07) is 3.21. The fourth-order valence-electron chi connectivity index (χ4n) is 2.13. The molecule has 0 radical (unpaired) electrons. The number of hydrogen-bond donors (Lipinski definition) is 1. The number of hydrogen-bond acceptors (Lipinski definition) is 4. The maximum absolute atomic E-state index is 10.1. The Labute approximate surface area is 144 Å². The Hall–Kier alpha value is -1.13. The molecule has 0 amide bonds. The number of benzene rings is 1. The van der Waals surface area contributed by atoms with Crippen LogP contribution in [0.1, 0.15) is 65.2 Å². The van der Waals surface area contributed by atoms with Crippen molar-refractivity contribution in [3.8, 4) is 17.2 Å². The lowest BCUT2D eigenvalue weighted by molar-refractivity contribution is -0.208. The lowest BCUT2D eigenvalue weighted by atomic mass is 10.2. The third kappa shape index (κ3) is 7.80. The van der Waals surface area contributed by atoms with Crippen LogP contribution in [0.4, 0.5) is 0 Å². The van der Waals surface area contributed by atoms with E-state index < -0.39 is 0 Å². The Balaban J connectivity index is 2.48. The minimum atomic E-state index is -0.103. The first kappa shape index (κ1) is 19.9. The Morgan fingerprint density at radius 3 is 2.22 bits per heavy atom. The molecule has 0 unspecified atom stereocenters. The van der Waals surface area contributed by atoms with Crippen LogP contribution in [0.3, 0.4) is 0 Å². The van der Waals surface area contributed by atoms with Crippen LogP contribution in [-0.2, 0) is 4.89 Å². The van der Waals surface area contributed by atoms with Crippen LogP contribution < -0.4 is 9.62 Å². The molecule has 0 aliphatic carbocycles. The molecule has 132 valence electrons. The number of phenols is 1. The summed E-state index contributed by atoms with van der Waals surface area (Å²) in [5, 5.41) is 10.3. The van der Waals surface area contributed by atoms with Gasteiger partial charge in [0.1, 0.15) is 0 Å². The molecule has 0 aromatic heterocycles. The lowest BCUT2D eigenvalue weighted by Crippen LogP contribution is -2.04. The molecule has 0 fully saturated rings. The summed E-state index contributed by atoms with van der Waals surface area (Å²) in [6.45, 7) is 5.35. The Morgan fingerprint density at radius 2 is 1.57 bits per heavy atom. The molecule has 23 heavy (non-hydrogen) atoms. The molecule has 1 rings (SSSR count). The standard InChI is InChI=1S/C18H29ClO4/c1-3-5-7-9-13-21-18-16(12-11-15(19)17(18)20)23-22-14-10-8-6-4-2/h11-12,20H,3-10,13-14H2,1-2H3. The molecule has 0 heterocycles. The first-order valence-corrected chi connectivity index (χ1v) is 9.02. The zero-order valence-corrected chi connectivity index (χ0v) is 15.0. The van der Waals surface area contributed by atoms with Crippen molar-refractivity contribution in [3.63, 3.8) is 0 Å². The topological polar surface area (TPSA) is 47.9 Å². The third-order valence-corrected chi connectivity index (χ3v) is 3.83. The minimum Gasteiger partial charge on any atom is -0.503 e. The molecule has 0 atom stereocenters. The molecule has 0 bridgehead atoms. The van der Waals surface area contributed by atoms with Crippen molar-refractivity contribution in [1.29, 1.82) is 0 Å². The van der Waals surface area contributed by atoms with Gasteiger partial charge in [0.25, 0.3) is 0 Å². The summed E-state index contributed by atoms with van der Waals surface area (Å²) in [6.07, 6.45) is 8.81. The van der Waals surface area contributed by atoms with Crippen LogP contribution in [0.2, 0.25) is 5.02 Å². The van der Waals surface area contributed by atoms with E-state index in [2.05, 4.69) is 13.8 Å². The smallest absolute Gasteiger partial charge is 0.211 e. The number of phenolic OH excluding ortho intramolecular Hbond substituents is 1. The molecule has 1 aromatic rings. The van der Waals surface area contributed by atoms with Crippen molar-refractivity contribution in [3.05, 3.63) is 17.2 Å². The normalized spacial score (nSPS) is 10.7. The number of halogens is 1. The largest absolute Gasteiger partial charge is 0.503 e. The van der Waals surface area contributed by atoms with Gasteiger partial charge < -0.3 is 14.7 Å². The average molecular weight is 345 g/mol. The number of rotatable bonds is 13. The van der Waals surface area contributed by atoms with E-state index in [0.717, 1.165) is 25.7 Å². The molecular formula is C18H29ClO4. The second-order valence-electron chi connectivity index (χ2n) is 5.60. The van der Waals surface area contributed by atoms with E-state index in [1.807, 2.05) is 0 Å². The first-order chi connectivity index (χ1) is 11.2. The highest BCUT2D eigenvalue weighted by Gasteiger charge is 2.15. The molecule has 0 aliphatic rings. The first-order valence-electron chi connectivity index (χ1n) is 8.64. The van der Waals surface area contributed by atoms with Gasteiger partial charge in [-0.05, 0) is 25.0 Å². The molecular weight excluding hydrogens is 316 g/mol. The average Bonchev–Trinajstić information content (AvgIpc) is 2.55. The minimum absolute atomic E-state index is 0.103. The van der Waals surface area contributed by atoms with Gasteiger partial charge in [-0.2, -0.15) is 4.89 Å². The Morgan fingerprint density at radius 1 is 0.913 bits per heavy atom. The van der Waals surface area contributed by atoms with Crippen molar-refractivity contribution < 1.29 is 19.6 Å². The van der Waals surface area contributed by atoms with Crippen LogP contribution >= 0.6 is 11.6 Å². The SMILES string of the molecule is CCCCCCOOc1ccc(Cl)c(O)c1OCCCCCC. The van der Waals surface area contributed by atoms with E-state index in [1.54, 1.807) is 12.1 Å². The van der Waals surface area contributed by atoms with E-state index in [4.69, 9.17) is 26.1 Å². The summed E-state index contributed by atoms with van der Waals surface area (Å²) in [5.74, 6) is 0.509. The van der Waals surface area contributed by atoms with Crippen molar-refractivity contribution in [2.75, 3.05) is 13.2 Å². The predicted octanol–water partition coefficient (Wildman–Crippen LogP) is 5.90. The van der Waals surface area contributed by atoms with Crippen LogP contribution in [0.5, 0.6) is 17.2 Å². The van der Waals surface area contributed by atoms with Crippen LogP contribution in [-0.4, -0.2) is 18.3 Å². The van der Waals surface area contributed by atoms with E-state index in [-0.39, 0.29) is 16.5 Å². The van der Waals surface area contributed by atoms with E-state index in [0.29, 0.717) is 19.0 Å². The van der Waals surface area contributed by atoms with E-state index in [1.165, 1.54) is 25.7 Å². The van der Waals surface area contributed by atoms with E-state index >= 15 is 0 Å². The fraction of sp³-hybridized carbons (Fsp3) is 0.667. The zero-order valence-electron chi connectivity index (χ0n) is 14.3. The zero-order chi connectivity index (χ0) is 16.9. The summed E-state index contributed by atoms with van der Waals surface area (Å²) in [5.41, 5.74) is 0. The van der Waals surface area contributed by atoms with Crippen molar-refractivity contribution in [2.24, 2.45) is 0 Å². The van der Waals surface area contributed by atoms with Gasteiger partial charge in [-0.15, -0.1) is 0 Å². The molecule has 0 spiro atoms. The highest BCUT2D eigenvalue weighted by Crippen LogP contribution is 2.41. The fourth-order valence-corrected chi connectivity index (χ4v) is 2.28. The molecule has 1 N–H and O–H groups in total. The van der Waals surface area contributed by atoms with Gasteiger partial charge in [0, 0.05) is 0 Å². The highest BCUT2D eigenvalue weighted by molar-refractivity contribution is 6.32. The van der Waals surface area contributed by atoms with Crippen molar-refractivity contribution in [1.82, 2.24) is 0 Å².